The van der Waals surface area contributed by atoms with Gasteiger partial charge in [-0.25, -0.2) is 9.78 Å². The zero-order valence-corrected chi connectivity index (χ0v) is 18.5. The van der Waals surface area contributed by atoms with Gasteiger partial charge in [-0.15, -0.1) is 0 Å². The fourth-order valence-electron chi connectivity index (χ4n) is 2.07. The minimum atomic E-state index is -1.35. The number of nitrogens with one attached hydrogen (secondary N) is 3. The first-order chi connectivity index (χ1) is 14.1. The van der Waals surface area contributed by atoms with E-state index in [2.05, 4.69) is 55.2 Å². The monoisotopic (exact) mass is 454 g/mol. The maximum absolute atomic E-state index is 12.1. The molecule has 0 aliphatic carbocycles. The number of amides is 3. The third kappa shape index (κ3) is 8.17. The van der Waals surface area contributed by atoms with Crippen LogP contribution in [0.3, 0.4) is 0 Å². The smallest absolute Gasteiger partial charge is 0.407 e. The Morgan fingerprint density at radius 2 is 1.97 bits per heavy atom. The number of pyridine rings is 1. The summed E-state index contributed by atoms with van der Waals surface area (Å²) in [5.41, 5.74) is 0. The van der Waals surface area contributed by atoms with Gasteiger partial charge in [0, 0.05) is 20.8 Å². The number of carbonyl (C=O) groups excluding carboxylic acids is 3. The third-order valence-electron chi connectivity index (χ3n) is 3.71. The zero-order valence-electron chi connectivity index (χ0n) is 16.8. The molecule has 0 spiro atoms. The summed E-state index contributed by atoms with van der Waals surface area (Å²) in [7, 11) is -1.35. The molecule has 2 heterocycles. The molecule has 3 N–H and O–H groups in total. The first kappa shape index (κ1) is 23.3. The lowest BCUT2D eigenvalue weighted by Gasteiger charge is -2.18. The van der Waals surface area contributed by atoms with Crippen molar-refractivity contribution in [3.05, 3.63) is 35.6 Å². The van der Waals surface area contributed by atoms with E-state index in [4.69, 9.17) is 16.3 Å². The number of aromatic nitrogens is 3. The second kappa shape index (κ2) is 10.7. The lowest BCUT2D eigenvalue weighted by molar-refractivity contribution is -0.136. The molecule has 0 unspecified atom stereocenters. The van der Waals surface area contributed by atoms with Gasteiger partial charge >= 0.3 is 17.9 Å². The Morgan fingerprint density at radius 3 is 2.57 bits per heavy atom. The van der Waals surface area contributed by atoms with Gasteiger partial charge in [-0.3, -0.25) is 9.59 Å². The molecule has 3 amide bonds. The van der Waals surface area contributed by atoms with E-state index < -0.39 is 32.0 Å². The van der Waals surface area contributed by atoms with E-state index in [1.165, 1.54) is 18.3 Å². The molecule has 11 nitrogen and oxygen atoms in total. The first-order valence-electron chi connectivity index (χ1n) is 9.04. The molecule has 0 bridgehead atoms. The molecule has 13 heteroatoms. The minimum Gasteiger partial charge on any atom is -0.450 e. The van der Waals surface area contributed by atoms with E-state index in [0.717, 1.165) is 12.4 Å². The Kier molecular flexibility index (Phi) is 8.30. The van der Waals surface area contributed by atoms with Crippen LogP contribution in [0.25, 0.3) is 0 Å². The summed E-state index contributed by atoms with van der Waals surface area (Å²) in [6.07, 6.45) is 1.73. The van der Waals surface area contributed by atoms with Gasteiger partial charge < -0.3 is 25.2 Å². The van der Waals surface area contributed by atoms with Crippen LogP contribution in [-0.2, 0) is 14.3 Å². The molecular formula is C17H23ClN6O5Si. The summed E-state index contributed by atoms with van der Waals surface area (Å²) in [6, 6.07) is 2.93. The lowest BCUT2D eigenvalue weighted by atomic mass is 10.2. The molecule has 162 valence electrons. The lowest BCUT2D eigenvalue weighted by Crippen LogP contribution is -2.42. The van der Waals surface area contributed by atoms with Gasteiger partial charge in [-0.05, 0) is 18.2 Å². The number of carbonyl (C=O) groups is 3. The molecule has 0 aliphatic heterocycles. The molecule has 2 aromatic heterocycles. The molecule has 2 aromatic rings. The second-order valence-electron chi connectivity index (χ2n) is 7.46. The average Bonchev–Trinajstić information content (AvgIpc) is 3.20. The predicted octanol–water partition coefficient (Wildman–Crippen LogP) is 1.98. The van der Waals surface area contributed by atoms with E-state index in [1.54, 1.807) is 0 Å². The number of ether oxygens (including phenoxy) is 1. The highest BCUT2D eigenvalue weighted by Crippen LogP contribution is 2.11. The maximum Gasteiger partial charge on any atom is 0.407 e. The molecular weight excluding hydrogens is 432 g/mol. The Hall–Kier alpha value is -2.99. The van der Waals surface area contributed by atoms with Gasteiger partial charge in [-0.1, -0.05) is 36.4 Å². The van der Waals surface area contributed by atoms with Crippen molar-refractivity contribution in [2.45, 2.75) is 31.7 Å². The Bertz CT molecular complexity index is 857. The van der Waals surface area contributed by atoms with Crippen LogP contribution in [0.2, 0.25) is 30.7 Å². The van der Waals surface area contributed by atoms with Crippen LogP contribution in [0.5, 0.6) is 0 Å². The number of anilines is 1. The van der Waals surface area contributed by atoms with Crippen molar-refractivity contribution in [1.29, 1.82) is 0 Å². The number of rotatable bonds is 8. The summed E-state index contributed by atoms with van der Waals surface area (Å²) in [5, 5.41) is 11.3. The molecule has 0 radical (unpaired) electrons. The van der Waals surface area contributed by atoms with Crippen LogP contribution in [0.4, 0.5) is 10.6 Å². The van der Waals surface area contributed by atoms with Gasteiger partial charge in [0.15, 0.2) is 5.82 Å². The second-order valence-corrected chi connectivity index (χ2v) is 13.5. The Balaban J connectivity index is 1.88. The molecule has 0 saturated carbocycles. The van der Waals surface area contributed by atoms with E-state index in [-0.39, 0.29) is 24.8 Å². The van der Waals surface area contributed by atoms with Crippen molar-refractivity contribution in [2.24, 2.45) is 0 Å². The van der Waals surface area contributed by atoms with E-state index in [1.807, 2.05) is 0 Å². The van der Waals surface area contributed by atoms with E-state index in [0.29, 0.717) is 5.02 Å². The summed E-state index contributed by atoms with van der Waals surface area (Å²) in [4.78, 5) is 43.9. The topological polar surface area (TPSA) is 148 Å². The summed E-state index contributed by atoms with van der Waals surface area (Å²) in [6.45, 7) is 6.61. The highest BCUT2D eigenvalue weighted by atomic mass is 35.5. The van der Waals surface area contributed by atoms with Gasteiger partial charge in [0.25, 0.3) is 0 Å². The van der Waals surface area contributed by atoms with Crippen LogP contribution in [0, 0.1) is 0 Å². The summed E-state index contributed by atoms with van der Waals surface area (Å²) in [5.74, 6) is -1.58. The normalized spacial score (nSPS) is 12.0. The number of nitrogens with zero attached hydrogens (tertiary/aromatic N) is 3. The standard InChI is InChI=1S/C17H23ClN6O5Si/c1-30(2,3)7-6-28-17(27)22-12(14-21-10-29-24-14)9-20-15(25)16(26)23-13-5-4-11(18)8-19-13/h4-5,8,10,12H,6-7,9H2,1-3H3,(H,20,25)(H,22,27)(H,19,23,26)/t12-/m0/s1. The number of hydrogen-bond acceptors (Lipinski definition) is 8. The maximum atomic E-state index is 12.1. The van der Waals surface area contributed by atoms with Gasteiger partial charge in [0.2, 0.25) is 6.39 Å². The van der Waals surface area contributed by atoms with E-state index >= 15 is 0 Å². The van der Waals surface area contributed by atoms with Crippen molar-refractivity contribution < 1.29 is 23.6 Å². The largest absolute Gasteiger partial charge is 0.450 e. The molecule has 0 aromatic carbocycles. The molecule has 0 saturated heterocycles. The molecule has 0 fully saturated rings. The van der Waals surface area contributed by atoms with Crippen LogP contribution in [0.1, 0.15) is 11.9 Å². The number of alkyl carbamates (subject to hydrolysis) is 1. The van der Waals surface area contributed by atoms with Crippen LogP contribution >= 0.6 is 11.6 Å². The summed E-state index contributed by atoms with van der Waals surface area (Å²) >= 11 is 5.72. The fraction of sp³-hybridized carbons (Fsp3) is 0.412. The van der Waals surface area contributed by atoms with Crippen molar-refractivity contribution in [2.75, 3.05) is 18.5 Å². The highest BCUT2D eigenvalue weighted by Gasteiger charge is 2.23. The van der Waals surface area contributed by atoms with Crippen molar-refractivity contribution in [3.63, 3.8) is 0 Å². The van der Waals surface area contributed by atoms with Crippen LogP contribution in [0.15, 0.2) is 29.2 Å². The SMILES string of the molecule is C[Si](C)(C)CCOC(=O)N[C@@H](CNC(=O)C(=O)Nc1ccc(Cl)cn1)c1ncon1. The fourth-order valence-corrected chi connectivity index (χ4v) is 2.90. The van der Waals surface area contributed by atoms with E-state index in [9.17, 15) is 14.4 Å². The quantitative estimate of drug-likeness (QED) is 0.405. The summed E-state index contributed by atoms with van der Waals surface area (Å²) < 4.78 is 9.86. The number of halogens is 1. The minimum absolute atomic E-state index is 0.122. The highest BCUT2D eigenvalue weighted by molar-refractivity contribution is 6.76. The van der Waals surface area contributed by atoms with Gasteiger partial charge in [0.1, 0.15) is 11.9 Å². The van der Waals surface area contributed by atoms with Crippen LogP contribution in [-0.4, -0.2) is 54.3 Å². The average molecular weight is 455 g/mol. The Labute approximate surface area is 178 Å². The van der Waals surface area contributed by atoms with Crippen molar-refractivity contribution in [3.8, 4) is 0 Å². The Morgan fingerprint density at radius 1 is 1.20 bits per heavy atom. The van der Waals surface area contributed by atoms with Crippen LogP contribution < -0.4 is 16.0 Å². The molecule has 1 atom stereocenters. The van der Waals surface area contributed by atoms with Gasteiger partial charge in [-0.2, -0.15) is 4.98 Å². The predicted molar refractivity (Wildman–Crippen MR) is 111 cm³/mol. The molecule has 2 rings (SSSR count). The van der Waals surface area contributed by atoms with Crippen molar-refractivity contribution >= 4 is 43.4 Å². The zero-order chi connectivity index (χ0) is 22.1. The van der Waals surface area contributed by atoms with Gasteiger partial charge in [0.05, 0.1) is 11.6 Å². The number of hydrogen-bond donors (Lipinski definition) is 3. The first-order valence-corrected chi connectivity index (χ1v) is 13.1. The third-order valence-corrected chi connectivity index (χ3v) is 5.64. The molecule has 30 heavy (non-hydrogen) atoms. The molecule has 0 aliphatic rings. The van der Waals surface area contributed by atoms with Crippen molar-refractivity contribution in [1.82, 2.24) is 25.8 Å².